The summed E-state index contributed by atoms with van der Waals surface area (Å²) in [6, 6.07) is 6.27. The lowest BCUT2D eigenvalue weighted by molar-refractivity contribution is -0.144. The molecule has 0 unspecified atom stereocenters. The molecule has 284 valence electrons. The molecule has 10 nitrogen and oxygen atoms in total. The first-order valence-corrected chi connectivity index (χ1v) is 20.0. The molecule has 5 aliphatic heterocycles. The minimum Gasteiger partial charge on any atom is -0.461 e. The van der Waals surface area contributed by atoms with Gasteiger partial charge in [-0.2, -0.15) is 15.2 Å². The first-order valence-electron chi connectivity index (χ1n) is 18.8. The fourth-order valence-electron chi connectivity index (χ4n) is 9.73. The Bertz CT molecular complexity index is 2200. The zero-order chi connectivity index (χ0) is 37.4. The van der Waals surface area contributed by atoms with E-state index in [1.165, 1.54) is 12.1 Å². The molecular weight excluding hydrogens is 739 g/mol. The number of anilines is 2. The van der Waals surface area contributed by atoms with Gasteiger partial charge >= 0.3 is 6.01 Å². The average Bonchev–Trinajstić information content (AvgIpc) is 3.88. The van der Waals surface area contributed by atoms with E-state index in [2.05, 4.69) is 14.8 Å². The molecule has 2 N–H and O–H groups in total. The number of hydrogen-bond acceptors (Lipinski definition) is 10. The Morgan fingerprint density at radius 1 is 1.17 bits per heavy atom. The van der Waals surface area contributed by atoms with E-state index < -0.39 is 23.3 Å². The number of benzene rings is 2. The maximum atomic E-state index is 17.3. The summed E-state index contributed by atoms with van der Waals surface area (Å²) in [6.07, 6.45) is 5.30. The number of carbonyl (C=O) groups excluding carboxylic acids is 1. The number of alkyl halides is 1. The van der Waals surface area contributed by atoms with Gasteiger partial charge in [-0.05, 0) is 62.3 Å². The highest BCUT2D eigenvalue weighted by atomic mass is 35.5. The number of fused-ring (bicyclic) bond motifs is 3. The van der Waals surface area contributed by atoms with Gasteiger partial charge in [-0.3, -0.25) is 9.69 Å². The molecule has 3 atom stereocenters. The predicted octanol–water partition coefficient (Wildman–Crippen LogP) is 7.10. The fourth-order valence-corrected chi connectivity index (χ4v) is 11.0. The Kier molecular flexibility index (Phi) is 9.07. The molecule has 5 saturated heterocycles. The van der Waals surface area contributed by atoms with E-state index in [1.54, 1.807) is 6.07 Å². The van der Waals surface area contributed by atoms with Crippen molar-refractivity contribution >= 4 is 60.7 Å². The number of aromatic nitrogens is 2. The quantitative estimate of drug-likeness (QED) is 0.210. The van der Waals surface area contributed by atoms with Crippen LogP contribution in [0.25, 0.3) is 32.1 Å². The normalized spacial score (nSPS) is 25.3. The number of halogens is 4. The molecule has 2 aromatic heterocycles. The third-order valence-corrected chi connectivity index (χ3v) is 13.7. The van der Waals surface area contributed by atoms with Crippen molar-refractivity contribution in [3.05, 3.63) is 40.4 Å². The highest BCUT2D eigenvalue weighted by molar-refractivity contribution is 7.23. The van der Waals surface area contributed by atoms with Crippen molar-refractivity contribution in [2.75, 3.05) is 69.7 Å². The Hall–Kier alpha value is -3.90. The lowest BCUT2D eigenvalue weighted by Gasteiger charge is -2.51. The number of likely N-dealkylation sites (tertiary alicyclic amines) is 1. The number of nitrogen functional groups attached to an aromatic ring is 1. The second-order valence-corrected chi connectivity index (χ2v) is 17.4. The van der Waals surface area contributed by atoms with E-state index in [0.29, 0.717) is 70.0 Å². The standard InChI is InChI=1S/C39H41ClF3N7O3S/c40-27-13-25-33(32(43)31(27)24-4-5-28(42)34-30(24)26(15-44)35(45)54-34)46-37(53-21-39-8-3-10-50(39)16-23(41)14-39)47-36(25)48-9-2-1-7-38(18-48)19-49(20-38)29(51)12-22-6-11-52-17-22/h4-5,13,22-23H,1-3,6-12,14,16-21,45H2/t22-,23+,39-/m0/s1. The molecule has 0 saturated carbocycles. The van der Waals surface area contributed by atoms with E-state index >= 15 is 8.78 Å². The van der Waals surface area contributed by atoms with Crippen LogP contribution in [0.5, 0.6) is 6.01 Å². The third kappa shape index (κ3) is 6.02. The number of ether oxygens (including phenoxy) is 2. The summed E-state index contributed by atoms with van der Waals surface area (Å²) >= 11 is 7.89. The fraction of sp³-hybridized carbons (Fsp3) is 0.538. The molecule has 15 heteroatoms. The molecule has 1 spiro atoms. The van der Waals surface area contributed by atoms with E-state index in [-0.39, 0.29) is 72.2 Å². The lowest BCUT2D eigenvalue weighted by Crippen LogP contribution is -2.62. The predicted molar refractivity (Wildman–Crippen MR) is 202 cm³/mol. The molecule has 0 aliphatic carbocycles. The van der Waals surface area contributed by atoms with Crippen LogP contribution < -0.4 is 15.4 Å². The van der Waals surface area contributed by atoms with Gasteiger partial charge in [0.25, 0.3) is 0 Å². The molecule has 5 aliphatic rings. The second kappa shape index (κ2) is 13.7. The van der Waals surface area contributed by atoms with Gasteiger partial charge in [0.1, 0.15) is 41.0 Å². The van der Waals surface area contributed by atoms with Crippen LogP contribution >= 0.6 is 22.9 Å². The van der Waals surface area contributed by atoms with Gasteiger partial charge in [0.2, 0.25) is 5.91 Å². The maximum absolute atomic E-state index is 17.3. The Morgan fingerprint density at radius 3 is 2.81 bits per heavy atom. The number of hydrogen-bond donors (Lipinski definition) is 1. The van der Waals surface area contributed by atoms with Crippen LogP contribution in [0, 0.1) is 34.3 Å². The average molecular weight is 780 g/mol. The summed E-state index contributed by atoms with van der Waals surface area (Å²) in [6.45, 7) is 5.14. The molecule has 5 fully saturated rings. The van der Waals surface area contributed by atoms with E-state index in [1.807, 2.05) is 11.0 Å². The van der Waals surface area contributed by atoms with Crippen LogP contribution in [0.3, 0.4) is 0 Å². The molecule has 0 bridgehead atoms. The summed E-state index contributed by atoms with van der Waals surface area (Å²) in [5.74, 6) is -0.458. The van der Waals surface area contributed by atoms with Crippen LogP contribution in [-0.2, 0) is 9.53 Å². The van der Waals surface area contributed by atoms with Crippen LogP contribution in [0.2, 0.25) is 5.02 Å². The summed E-state index contributed by atoms with van der Waals surface area (Å²) in [4.78, 5) is 29.0. The number of carbonyl (C=O) groups is 1. The monoisotopic (exact) mass is 779 g/mol. The number of thiophene rings is 1. The van der Waals surface area contributed by atoms with Crippen molar-refractivity contribution in [3.8, 4) is 23.2 Å². The van der Waals surface area contributed by atoms with Gasteiger partial charge < -0.3 is 25.0 Å². The van der Waals surface area contributed by atoms with Crippen molar-refractivity contribution in [2.24, 2.45) is 11.3 Å². The second-order valence-electron chi connectivity index (χ2n) is 16.0. The minimum absolute atomic E-state index is 0.0301. The number of rotatable bonds is 7. The highest BCUT2D eigenvalue weighted by Gasteiger charge is 2.50. The van der Waals surface area contributed by atoms with Gasteiger partial charge in [-0.25, -0.2) is 13.2 Å². The molecule has 7 heterocycles. The third-order valence-electron chi connectivity index (χ3n) is 12.4. The highest BCUT2D eigenvalue weighted by Crippen LogP contribution is 2.47. The molecule has 9 rings (SSSR count). The molecule has 4 aromatic rings. The Morgan fingerprint density at radius 2 is 2.02 bits per heavy atom. The van der Waals surface area contributed by atoms with Crippen LogP contribution in [-0.4, -0.2) is 96.5 Å². The summed E-state index contributed by atoms with van der Waals surface area (Å²) in [7, 11) is 0. The lowest BCUT2D eigenvalue weighted by atomic mass is 9.75. The molecular formula is C39H41ClF3N7O3S. The van der Waals surface area contributed by atoms with Crippen molar-refractivity contribution < 1.29 is 27.4 Å². The van der Waals surface area contributed by atoms with Crippen molar-refractivity contribution in [3.63, 3.8) is 0 Å². The molecule has 54 heavy (non-hydrogen) atoms. The topological polar surface area (TPSA) is 121 Å². The SMILES string of the molecule is N#Cc1c(N)sc2c(F)ccc(-c3c(Cl)cc4c(N5CCCCC6(CN(C(=O)C[C@@H]7CCOC7)C6)C5)nc(OC[C@@]56CCCN5C[C@H](F)C6)nc4c3F)c12. The number of nitrogens with zero attached hydrogens (tertiary/aromatic N) is 6. The summed E-state index contributed by atoms with van der Waals surface area (Å²) in [5.41, 5.74) is 5.68. The molecule has 0 radical (unpaired) electrons. The van der Waals surface area contributed by atoms with Gasteiger partial charge in [0.05, 0.1) is 20.8 Å². The van der Waals surface area contributed by atoms with Gasteiger partial charge in [-0.1, -0.05) is 24.1 Å². The first kappa shape index (κ1) is 35.8. The van der Waals surface area contributed by atoms with Crippen LogP contribution in [0.4, 0.5) is 24.0 Å². The first-order chi connectivity index (χ1) is 26.1. The summed E-state index contributed by atoms with van der Waals surface area (Å²) < 4.78 is 58.9. The Labute approximate surface area is 319 Å². The molecule has 2 aromatic carbocycles. The molecule has 1 amide bonds. The van der Waals surface area contributed by atoms with Crippen LogP contribution in [0.15, 0.2) is 18.2 Å². The smallest absolute Gasteiger partial charge is 0.319 e. The van der Waals surface area contributed by atoms with Crippen LogP contribution in [0.1, 0.15) is 56.9 Å². The van der Waals surface area contributed by atoms with Gasteiger partial charge in [0, 0.05) is 80.5 Å². The van der Waals surface area contributed by atoms with E-state index in [9.17, 15) is 14.4 Å². The number of nitriles is 1. The van der Waals surface area contributed by atoms with Crippen molar-refractivity contribution in [1.82, 2.24) is 19.8 Å². The number of amides is 1. The van der Waals surface area contributed by atoms with E-state index in [4.69, 9.17) is 31.8 Å². The van der Waals surface area contributed by atoms with Gasteiger partial charge in [0.15, 0.2) is 5.82 Å². The zero-order valence-corrected chi connectivity index (χ0v) is 31.4. The maximum Gasteiger partial charge on any atom is 0.319 e. The number of nitrogens with two attached hydrogens (primary N) is 1. The van der Waals surface area contributed by atoms with Gasteiger partial charge in [-0.15, -0.1) is 11.3 Å². The van der Waals surface area contributed by atoms with E-state index in [0.717, 1.165) is 56.4 Å². The van der Waals surface area contributed by atoms with Crippen molar-refractivity contribution in [2.45, 2.75) is 63.1 Å². The summed E-state index contributed by atoms with van der Waals surface area (Å²) in [5, 5.41) is 10.7. The zero-order valence-electron chi connectivity index (χ0n) is 29.8. The largest absolute Gasteiger partial charge is 0.461 e. The minimum atomic E-state index is -0.949. The Balaban J connectivity index is 1.12. The van der Waals surface area contributed by atoms with Crippen molar-refractivity contribution in [1.29, 1.82) is 5.26 Å².